The Morgan fingerprint density at radius 3 is 3.00 bits per heavy atom. The van der Waals surface area contributed by atoms with Crippen molar-refractivity contribution in [2.75, 3.05) is 5.73 Å². The molecule has 5 nitrogen and oxygen atoms in total. The first kappa shape index (κ1) is 9.73. The highest BCUT2D eigenvalue weighted by Crippen LogP contribution is 2.33. The Labute approximate surface area is 99.6 Å². The third-order valence-electron chi connectivity index (χ3n) is 2.30. The Hall–Kier alpha value is -1.47. The van der Waals surface area contributed by atoms with Gasteiger partial charge in [-0.3, -0.25) is 0 Å². The Morgan fingerprint density at radius 2 is 2.31 bits per heavy atom. The van der Waals surface area contributed by atoms with Crippen molar-refractivity contribution in [3.8, 4) is 10.6 Å². The van der Waals surface area contributed by atoms with Crippen molar-refractivity contribution in [3.05, 3.63) is 17.3 Å². The molecule has 0 spiro atoms. The molecule has 3 aromatic rings. The molecule has 3 rings (SSSR count). The molecule has 0 aliphatic rings. The molecule has 0 unspecified atom stereocenters. The number of nitrogen functional groups attached to an aromatic ring is 1. The van der Waals surface area contributed by atoms with Gasteiger partial charge in [0.15, 0.2) is 10.8 Å². The van der Waals surface area contributed by atoms with E-state index >= 15 is 0 Å². The average molecular weight is 251 g/mol. The SMILES string of the molecule is CCc1nnc2sc(-c3ccsc3N)nn12. The number of fused-ring (bicyclic) bond motifs is 1. The normalized spacial score (nSPS) is 11.3. The van der Waals surface area contributed by atoms with E-state index in [0.717, 1.165) is 32.8 Å². The second-order valence-electron chi connectivity index (χ2n) is 3.27. The van der Waals surface area contributed by atoms with Crippen LogP contribution >= 0.6 is 22.7 Å². The number of aryl methyl sites for hydroxylation is 1. The summed E-state index contributed by atoms with van der Waals surface area (Å²) in [7, 11) is 0. The summed E-state index contributed by atoms with van der Waals surface area (Å²) >= 11 is 3.03. The van der Waals surface area contributed by atoms with Crippen molar-refractivity contribution in [1.82, 2.24) is 19.8 Å². The molecule has 0 aromatic carbocycles. The van der Waals surface area contributed by atoms with Gasteiger partial charge in [-0.1, -0.05) is 18.3 Å². The number of thiophene rings is 1. The minimum atomic E-state index is 0.794. The zero-order valence-corrected chi connectivity index (χ0v) is 10.2. The Kier molecular flexibility index (Phi) is 2.15. The van der Waals surface area contributed by atoms with Crippen molar-refractivity contribution in [2.45, 2.75) is 13.3 Å². The molecule has 0 saturated carbocycles. The second-order valence-corrected chi connectivity index (χ2v) is 5.17. The smallest absolute Gasteiger partial charge is 0.234 e. The number of anilines is 1. The van der Waals surface area contributed by atoms with Gasteiger partial charge in [-0.15, -0.1) is 21.5 Å². The Bertz CT molecular complexity index is 635. The van der Waals surface area contributed by atoms with E-state index in [1.807, 2.05) is 18.4 Å². The number of rotatable bonds is 2. The molecule has 16 heavy (non-hydrogen) atoms. The topological polar surface area (TPSA) is 69.1 Å². The quantitative estimate of drug-likeness (QED) is 0.757. The fraction of sp³-hybridized carbons (Fsp3) is 0.222. The minimum Gasteiger partial charge on any atom is -0.390 e. The van der Waals surface area contributed by atoms with Crippen molar-refractivity contribution < 1.29 is 0 Å². The number of nitrogens with two attached hydrogens (primary N) is 1. The predicted octanol–water partition coefficient (Wildman–Crippen LogP) is 2.06. The van der Waals surface area contributed by atoms with Gasteiger partial charge in [0.05, 0.1) is 5.00 Å². The standard InChI is InChI=1S/C9H9N5S2/c1-2-6-11-12-9-14(6)13-8(16-9)5-3-4-15-7(5)10/h3-4H,2,10H2,1H3. The lowest BCUT2D eigenvalue weighted by Gasteiger charge is -1.91. The van der Waals surface area contributed by atoms with Crippen molar-refractivity contribution in [3.63, 3.8) is 0 Å². The van der Waals surface area contributed by atoms with Crippen LogP contribution < -0.4 is 5.73 Å². The van der Waals surface area contributed by atoms with Gasteiger partial charge in [-0.2, -0.15) is 9.61 Å². The highest BCUT2D eigenvalue weighted by molar-refractivity contribution is 7.20. The molecule has 3 aromatic heterocycles. The second kappa shape index (κ2) is 3.53. The number of aromatic nitrogens is 4. The van der Waals surface area contributed by atoms with Crippen LogP contribution in [0.2, 0.25) is 0 Å². The number of hydrogen-bond acceptors (Lipinski definition) is 6. The fourth-order valence-electron chi connectivity index (χ4n) is 1.48. The maximum Gasteiger partial charge on any atom is 0.234 e. The van der Waals surface area contributed by atoms with Gasteiger partial charge in [-0.05, 0) is 11.4 Å². The number of nitrogens with zero attached hydrogens (tertiary/aromatic N) is 4. The molecule has 0 aliphatic carbocycles. The van der Waals surface area contributed by atoms with Crippen LogP contribution in [0.15, 0.2) is 11.4 Å². The third kappa shape index (κ3) is 1.32. The molecular weight excluding hydrogens is 242 g/mol. The maximum absolute atomic E-state index is 5.87. The monoisotopic (exact) mass is 251 g/mol. The van der Waals surface area contributed by atoms with Gasteiger partial charge >= 0.3 is 0 Å². The van der Waals surface area contributed by atoms with Crippen LogP contribution in [0.25, 0.3) is 15.5 Å². The van der Waals surface area contributed by atoms with Crippen LogP contribution in [0, 0.1) is 0 Å². The van der Waals surface area contributed by atoms with E-state index in [0.29, 0.717) is 0 Å². The van der Waals surface area contributed by atoms with Gasteiger partial charge in [0.2, 0.25) is 4.96 Å². The molecule has 2 N–H and O–H groups in total. The molecular formula is C9H9N5S2. The highest BCUT2D eigenvalue weighted by atomic mass is 32.1. The minimum absolute atomic E-state index is 0.794. The fourth-order valence-corrected chi connectivity index (χ4v) is 3.09. The molecule has 7 heteroatoms. The van der Waals surface area contributed by atoms with Gasteiger partial charge in [0.25, 0.3) is 0 Å². The van der Waals surface area contributed by atoms with Crippen LogP contribution in [0.1, 0.15) is 12.7 Å². The van der Waals surface area contributed by atoms with Crippen LogP contribution in [0.5, 0.6) is 0 Å². The molecule has 0 saturated heterocycles. The largest absolute Gasteiger partial charge is 0.390 e. The zero-order chi connectivity index (χ0) is 11.1. The molecule has 82 valence electrons. The van der Waals surface area contributed by atoms with Crippen molar-refractivity contribution in [2.24, 2.45) is 0 Å². The van der Waals surface area contributed by atoms with E-state index in [1.54, 1.807) is 4.52 Å². The molecule has 0 atom stereocenters. The van der Waals surface area contributed by atoms with E-state index < -0.39 is 0 Å². The number of hydrogen-bond donors (Lipinski definition) is 1. The Balaban J connectivity index is 2.19. The van der Waals surface area contributed by atoms with Crippen LogP contribution in [-0.4, -0.2) is 19.8 Å². The summed E-state index contributed by atoms with van der Waals surface area (Å²) in [5.74, 6) is 0.881. The lowest BCUT2D eigenvalue weighted by Crippen LogP contribution is -1.93. The van der Waals surface area contributed by atoms with Crippen molar-refractivity contribution >= 4 is 32.6 Å². The van der Waals surface area contributed by atoms with Crippen LogP contribution in [-0.2, 0) is 6.42 Å². The van der Waals surface area contributed by atoms with Crippen LogP contribution in [0.3, 0.4) is 0 Å². The predicted molar refractivity (Wildman–Crippen MR) is 65.8 cm³/mol. The molecule has 0 amide bonds. The summed E-state index contributed by atoms with van der Waals surface area (Å²) < 4.78 is 1.79. The summed E-state index contributed by atoms with van der Waals surface area (Å²) in [5, 5.41) is 16.3. The zero-order valence-electron chi connectivity index (χ0n) is 8.54. The lowest BCUT2D eigenvalue weighted by atomic mass is 10.3. The first-order valence-corrected chi connectivity index (χ1v) is 6.53. The van der Waals surface area contributed by atoms with E-state index in [9.17, 15) is 0 Å². The summed E-state index contributed by atoms with van der Waals surface area (Å²) in [6.07, 6.45) is 0.823. The van der Waals surface area contributed by atoms with E-state index in [4.69, 9.17) is 5.73 Å². The van der Waals surface area contributed by atoms with Gasteiger partial charge in [0.1, 0.15) is 0 Å². The maximum atomic E-state index is 5.87. The average Bonchev–Trinajstić information content (AvgIpc) is 2.90. The summed E-state index contributed by atoms with van der Waals surface area (Å²) in [4.78, 5) is 0.817. The first-order chi connectivity index (χ1) is 7.79. The molecule has 0 aliphatic heterocycles. The summed E-state index contributed by atoms with van der Waals surface area (Å²) in [6.45, 7) is 2.04. The van der Waals surface area contributed by atoms with Gasteiger partial charge < -0.3 is 5.73 Å². The molecule has 0 fully saturated rings. The van der Waals surface area contributed by atoms with Gasteiger partial charge in [-0.25, -0.2) is 0 Å². The van der Waals surface area contributed by atoms with Crippen LogP contribution in [0.4, 0.5) is 5.00 Å². The third-order valence-corrected chi connectivity index (χ3v) is 3.98. The van der Waals surface area contributed by atoms with E-state index in [1.165, 1.54) is 22.7 Å². The lowest BCUT2D eigenvalue weighted by molar-refractivity contribution is 0.838. The Morgan fingerprint density at radius 1 is 1.44 bits per heavy atom. The first-order valence-electron chi connectivity index (χ1n) is 4.84. The molecule has 0 radical (unpaired) electrons. The molecule has 0 bridgehead atoms. The van der Waals surface area contributed by atoms with Crippen molar-refractivity contribution in [1.29, 1.82) is 0 Å². The van der Waals surface area contributed by atoms with Gasteiger partial charge in [0, 0.05) is 12.0 Å². The van der Waals surface area contributed by atoms with E-state index in [2.05, 4.69) is 15.3 Å². The summed E-state index contributed by atoms with van der Waals surface area (Å²) in [6, 6.07) is 1.98. The van der Waals surface area contributed by atoms with E-state index in [-0.39, 0.29) is 0 Å². The summed E-state index contributed by atoms with van der Waals surface area (Å²) in [5.41, 5.74) is 6.86. The highest BCUT2D eigenvalue weighted by Gasteiger charge is 2.13. The molecule has 3 heterocycles.